The molecule has 5 rings (SSSR count). The molecule has 0 radical (unpaired) electrons. The highest BCUT2D eigenvalue weighted by Gasteiger charge is 2.12. The van der Waals surface area contributed by atoms with Gasteiger partial charge in [0.25, 0.3) is 0 Å². The third-order valence-electron chi connectivity index (χ3n) is 3.97. The van der Waals surface area contributed by atoms with Gasteiger partial charge in [0.05, 0.1) is 0 Å². The Hall–Kier alpha value is -2.78. The molecule has 0 aliphatic rings. The van der Waals surface area contributed by atoms with Crippen LogP contribution in [0.4, 0.5) is 0 Å². The molecule has 0 aliphatic carbocycles. The van der Waals surface area contributed by atoms with Crippen molar-refractivity contribution in [2.75, 3.05) is 0 Å². The molecule has 0 saturated carbocycles. The molecule has 3 nitrogen and oxygen atoms in total. The molecule has 110 valence electrons. The number of aromatic nitrogens is 1. The Morgan fingerprint density at radius 3 is 2.39 bits per heavy atom. The van der Waals surface area contributed by atoms with Crippen molar-refractivity contribution in [3.63, 3.8) is 0 Å². The molecular formula is C19H10ClNO2. The zero-order valence-corrected chi connectivity index (χ0v) is 12.7. The van der Waals surface area contributed by atoms with E-state index in [0.717, 1.165) is 38.6 Å². The first kappa shape index (κ1) is 12.7. The van der Waals surface area contributed by atoms with Gasteiger partial charge in [0.15, 0.2) is 5.58 Å². The van der Waals surface area contributed by atoms with Crippen LogP contribution >= 0.6 is 11.6 Å². The molecule has 0 saturated heterocycles. The minimum absolute atomic E-state index is 0.601. The maximum absolute atomic E-state index is 6.11. The number of furan rings is 1. The minimum Gasteiger partial charge on any atom is -0.456 e. The number of rotatable bonds is 1. The van der Waals surface area contributed by atoms with Gasteiger partial charge in [0, 0.05) is 21.4 Å². The van der Waals surface area contributed by atoms with Gasteiger partial charge in [-0.1, -0.05) is 23.7 Å². The molecule has 3 aromatic carbocycles. The van der Waals surface area contributed by atoms with Gasteiger partial charge in [0.1, 0.15) is 16.7 Å². The van der Waals surface area contributed by atoms with Crippen molar-refractivity contribution in [3.05, 3.63) is 65.7 Å². The van der Waals surface area contributed by atoms with E-state index >= 15 is 0 Å². The lowest BCUT2D eigenvalue weighted by Gasteiger charge is -1.95. The average Bonchev–Trinajstić information content (AvgIpc) is 3.15. The summed E-state index contributed by atoms with van der Waals surface area (Å²) in [4.78, 5) is 4.55. The summed E-state index contributed by atoms with van der Waals surface area (Å²) < 4.78 is 11.7. The highest BCUT2D eigenvalue weighted by Crippen LogP contribution is 2.34. The molecule has 0 unspecified atom stereocenters. The van der Waals surface area contributed by atoms with Crippen molar-refractivity contribution in [2.45, 2.75) is 0 Å². The second kappa shape index (κ2) is 4.61. The quantitative estimate of drug-likeness (QED) is 0.377. The van der Waals surface area contributed by atoms with E-state index < -0.39 is 0 Å². The van der Waals surface area contributed by atoms with E-state index in [4.69, 9.17) is 20.4 Å². The van der Waals surface area contributed by atoms with E-state index in [1.807, 2.05) is 60.7 Å². The summed E-state index contributed by atoms with van der Waals surface area (Å²) >= 11 is 6.11. The van der Waals surface area contributed by atoms with Gasteiger partial charge in [0.2, 0.25) is 5.89 Å². The first-order valence-corrected chi connectivity index (χ1v) is 7.63. The first-order chi connectivity index (χ1) is 11.3. The lowest BCUT2D eigenvalue weighted by atomic mass is 10.1. The van der Waals surface area contributed by atoms with Crippen LogP contribution in [-0.4, -0.2) is 4.98 Å². The summed E-state index contributed by atoms with van der Waals surface area (Å²) in [6.45, 7) is 0. The Labute approximate surface area is 136 Å². The molecule has 0 N–H and O–H groups in total. The van der Waals surface area contributed by atoms with E-state index in [0.29, 0.717) is 10.9 Å². The second-order valence-electron chi connectivity index (χ2n) is 5.44. The first-order valence-electron chi connectivity index (χ1n) is 7.26. The predicted molar refractivity (Wildman–Crippen MR) is 91.7 cm³/mol. The molecule has 4 heteroatoms. The number of hydrogen-bond acceptors (Lipinski definition) is 3. The average molecular weight is 320 g/mol. The van der Waals surface area contributed by atoms with E-state index in [1.165, 1.54) is 0 Å². The summed E-state index contributed by atoms with van der Waals surface area (Å²) in [6.07, 6.45) is 0. The number of para-hydroxylation sites is 2. The summed E-state index contributed by atoms with van der Waals surface area (Å²) in [7, 11) is 0. The normalized spacial score (nSPS) is 11.7. The molecule has 0 amide bonds. The van der Waals surface area contributed by atoms with Crippen LogP contribution in [0.5, 0.6) is 0 Å². The molecule has 0 bridgehead atoms. The molecule has 0 fully saturated rings. The molecular weight excluding hydrogens is 310 g/mol. The highest BCUT2D eigenvalue weighted by atomic mass is 35.5. The Morgan fingerprint density at radius 1 is 0.739 bits per heavy atom. The zero-order valence-electron chi connectivity index (χ0n) is 11.9. The molecule has 2 heterocycles. The third kappa shape index (κ3) is 1.94. The molecule has 0 aliphatic heterocycles. The molecule has 0 atom stereocenters. The number of benzene rings is 3. The number of halogens is 1. The van der Waals surface area contributed by atoms with Gasteiger partial charge in [-0.25, -0.2) is 4.98 Å². The Balaban J connectivity index is 1.78. The summed E-state index contributed by atoms with van der Waals surface area (Å²) in [5, 5.41) is 2.68. The predicted octanol–water partition coefficient (Wildman–Crippen LogP) is 6.05. The Bertz CT molecular complexity index is 1150. The van der Waals surface area contributed by atoms with Crippen LogP contribution < -0.4 is 0 Å². The molecule has 5 aromatic rings. The van der Waals surface area contributed by atoms with Gasteiger partial charge in [-0.05, 0) is 48.5 Å². The second-order valence-corrected chi connectivity index (χ2v) is 5.88. The molecule has 23 heavy (non-hydrogen) atoms. The zero-order chi connectivity index (χ0) is 15.4. The van der Waals surface area contributed by atoms with E-state index in [9.17, 15) is 0 Å². The highest BCUT2D eigenvalue weighted by molar-refractivity contribution is 6.31. The molecule has 2 aromatic heterocycles. The number of nitrogens with zero attached hydrogens (tertiary/aromatic N) is 1. The Morgan fingerprint density at radius 2 is 1.52 bits per heavy atom. The standard InChI is InChI=1S/C19H10ClNO2/c20-12-6-8-17-14(10-12)13-9-11(5-7-16(13)22-17)19-21-15-3-1-2-4-18(15)23-19/h1-10H. The lowest BCUT2D eigenvalue weighted by molar-refractivity contribution is 0.620. The number of oxazole rings is 1. The van der Waals surface area contributed by atoms with Gasteiger partial charge in [-0.15, -0.1) is 0 Å². The summed E-state index contributed by atoms with van der Waals surface area (Å²) in [5.74, 6) is 0.601. The third-order valence-corrected chi connectivity index (χ3v) is 4.21. The van der Waals surface area contributed by atoms with Crippen molar-refractivity contribution in [1.29, 1.82) is 0 Å². The summed E-state index contributed by atoms with van der Waals surface area (Å²) in [5.41, 5.74) is 4.18. The fraction of sp³-hybridized carbons (Fsp3) is 0. The number of fused-ring (bicyclic) bond motifs is 4. The SMILES string of the molecule is Clc1ccc2oc3ccc(-c4nc5ccccc5o4)cc3c2c1. The monoisotopic (exact) mass is 319 g/mol. The van der Waals surface area contributed by atoms with E-state index in [-0.39, 0.29) is 0 Å². The van der Waals surface area contributed by atoms with Crippen LogP contribution in [0, 0.1) is 0 Å². The van der Waals surface area contributed by atoms with E-state index in [2.05, 4.69) is 4.98 Å². The van der Waals surface area contributed by atoms with Gasteiger partial charge in [-0.3, -0.25) is 0 Å². The van der Waals surface area contributed by atoms with Gasteiger partial charge < -0.3 is 8.83 Å². The van der Waals surface area contributed by atoms with Crippen LogP contribution in [0.2, 0.25) is 5.02 Å². The fourth-order valence-corrected chi connectivity index (χ4v) is 3.05. The minimum atomic E-state index is 0.601. The maximum Gasteiger partial charge on any atom is 0.227 e. The van der Waals surface area contributed by atoms with Crippen LogP contribution in [0.15, 0.2) is 69.5 Å². The number of hydrogen-bond donors (Lipinski definition) is 0. The van der Waals surface area contributed by atoms with Gasteiger partial charge >= 0.3 is 0 Å². The van der Waals surface area contributed by atoms with Crippen molar-refractivity contribution < 1.29 is 8.83 Å². The molecule has 0 spiro atoms. The van der Waals surface area contributed by atoms with Crippen LogP contribution in [0.1, 0.15) is 0 Å². The Kier molecular flexibility index (Phi) is 2.55. The van der Waals surface area contributed by atoms with E-state index in [1.54, 1.807) is 0 Å². The van der Waals surface area contributed by atoms with Crippen LogP contribution in [0.3, 0.4) is 0 Å². The topological polar surface area (TPSA) is 39.2 Å². The maximum atomic E-state index is 6.11. The van der Waals surface area contributed by atoms with Crippen molar-refractivity contribution in [1.82, 2.24) is 4.98 Å². The summed E-state index contributed by atoms with van der Waals surface area (Å²) in [6, 6.07) is 19.3. The van der Waals surface area contributed by atoms with Gasteiger partial charge in [-0.2, -0.15) is 0 Å². The van der Waals surface area contributed by atoms with Crippen molar-refractivity contribution in [2.24, 2.45) is 0 Å². The van der Waals surface area contributed by atoms with Crippen molar-refractivity contribution in [3.8, 4) is 11.5 Å². The lowest BCUT2D eigenvalue weighted by Crippen LogP contribution is -1.77. The van der Waals surface area contributed by atoms with Crippen LogP contribution in [-0.2, 0) is 0 Å². The fourth-order valence-electron chi connectivity index (χ4n) is 2.88. The van der Waals surface area contributed by atoms with Crippen LogP contribution in [0.25, 0.3) is 44.5 Å². The largest absolute Gasteiger partial charge is 0.456 e. The smallest absolute Gasteiger partial charge is 0.227 e. The van der Waals surface area contributed by atoms with Crippen molar-refractivity contribution >= 4 is 44.6 Å².